The Hall–Kier alpha value is -2.71. The van der Waals surface area contributed by atoms with Gasteiger partial charge < -0.3 is 5.32 Å². The van der Waals surface area contributed by atoms with Crippen molar-refractivity contribution < 1.29 is 13.2 Å². The highest BCUT2D eigenvalue weighted by Crippen LogP contribution is 2.35. The maximum absolute atomic E-state index is 13.0. The largest absolute Gasteiger partial charge is 0.435 e. The molecule has 9 heteroatoms. The summed E-state index contributed by atoms with van der Waals surface area (Å²) in [5.41, 5.74) is -0.768. The molecule has 3 heterocycles. The highest BCUT2D eigenvalue weighted by atomic mass is 19.4. The zero-order valence-corrected chi connectivity index (χ0v) is 12.1. The highest BCUT2D eigenvalue weighted by molar-refractivity contribution is 5.90. The number of aromatic amines is 1. The fourth-order valence-corrected chi connectivity index (χ4v) is 2.16. The van der Waals surface area contributed by atoms with E-state index in [9.17, 15) is 13.2 Å². The van der Waals surface area contributed by atoms with Gasteiger partial charge >= 0.3 is 6.18 Å². The maximum atomic E-state index is 13.0. The monoisotopic (exact) mass is 322 g/mol. The number of halogens is 3. The van der Waals surface area contributed by atoms with Crippen LogP contribution in [-0.2, 0) is 6.18 Å². The predicted octanol–water partition coefficient (Wildman–Crippen LogP) is 3.26. The number of pyridine rings is 1. The van der Waals surface area contributed by atoms with Crippen molar-refractivity contribution in [3.8, 4) is 11.4 Å². The Morgan fingerprint density at radius 3 is 2.83 bits per heavy atom. The zero-order chi connectivity index (χ0) is 16.4. The molecule has 0 radical (unpaired) electrons. The number of nitrogens with one attached hydrogen (secondary N) is 2. The second kappa shape index (κ2) is 5.82. The lowest BCUT2D eigenvalue weighted by Crippen LogP contribution is -2.09. The number of nitrogens with zero attached hydrogens (tertiary/aromatic N) is 4. The fraction of sp³-hybridized carbons (Fsp3) is 0.286. The molecule has 0 saturated carbocycles. The number of hydrogen-bond acceptors (Lipinski definition) is 5. The molecule has 2 N–H and O–H groups in total. The molecule has 0 spiro atoms. The quantitative estimate of drug-likeness (QED) is 0.771. The van der Waals surface area contributed by atoms with Gasteiger partial charge in [0.2, 0.25) is 0 Å². The molecule has 0 atom stereocenters. The van der Waals surface area contributed by atoms with Gasteiger partial charge in [0.25, 0.3) is 0 Å². The van der Waals surface area contributed by atoms with Crippen LogP contribution in [0.2, 0.25) is 0 Å². The van der Waals surface area contributed by atoms with Gasteiger partial charge in [0.15, 0.2) is 11.5 Å². The Bertz CT molecular complexity index is 827. The van der Waals surface area contributed by atoms with E-state index in [0.29, 0.717) is 23.3 Å². The van der Waals surface area contributed by atoms with Gasteiger partial charge in [0.05, 0.1) is 17.3 Å². The van der Waals surface area contributed by atoms with Gasteiger partial charge in [-0.05, 0) is 12.5 Å². The zero-order valence-electron chi connectivity index (χ0n) is 12.1. The highest BCUT2D eigenvalue weighted by Gasteiger charge is 2.37. The summed E-state index contributed by atoms with van der Waals surface area (Å²) in [6.45, 7) is 2.63. The Labute approximate surface area is 129 Å². The van der Waals surface area contributed by atoms with Gasteiger partial charge in [-0.15, -0.1) is 0 Å². The summed E-state index contributed by atoms with van der Waals surface area (Å²) in [4.78, 5) is 12.4. The number of hydrogen-bond donors (Lipinski definition) is 2. The van der Waals surface area contributed by atoms with Crippen molar-refractivity contribution in [1.82, 2.24) is 25.1 Å². The van der Waals surface area contributed by atoms with Crippen molar-refractivity contribution in [1.29, 1.82) is 0 Å². The molecule has 0 aliphatic rings. The lowest BCUT2D eigenvalue weighted by molar-refractivity contribution is -0.140. The van der Waals surface area contributed by atoms with E-state index in [4.69, 9.17) is 0 Å². The van der Waals surface area contributed by atoms with E-state index in [1.54, 1.807) is 12.3 Å². The summed E-state index contributed by atoms with van der Waals surface area (Å²) >= 11 is 0. The second-order valence-electron chi connectivity index (χ2n) is 4.86. The Morgan fingerprint density at radius 2 is 2.09 bits per heavy atom. The average Bonchev–Trinajstić information content (AvgIpc) is 3.02. The van der Waals surface area contributed by atoms with E-state index in [-0.39, 0.29) is 11.4 Å². The maximum Gasteiger partial charge on any atom is 0.435 e. The Kier molecular flexibility index (Phi) is 3.85. The molecule has 0 bridgehead atoms. The first kappa shape index (κ1) is 15.2. The molecular formula is C14H13F3N6. The van der Waals surface area contributed by atoms with E-state index in [1.165, 1.54) is 6.20 Å². The number of aromatic nitrogens is 5. The van der Waals surface area contributed by atoms with Crippen LogP contribution < -0.4 is 5.32 Å². The lowest BCUT2D eigenvalue weighted by Gasteiger charge is -2.10. The Morgan fingerprint density at radius 1 is 1.26 bits per heavy atom. The first-order valence-corrected chi connectivity index (χ1v) is 6.97. The molecule has 120 valence electrons. The van der Waals surface area contributed by atoms with Crippen LogP contribution in [0.15, 0.2) is 24.7 Å². The molecule has 0 aromatic carbocycles. The molecule has 0 fully saturated rings. The predicted molar refractivity (Wildman–Crippen MR) is 78.7 cm³/mol. The van der Waals surface area contributed by atoms with E-state index >= 15 is 0 Å². The van der Waals surface area contributed by atoms with Crippen LogP contribution in [0.3, 0.4) is 0 Å². The van der Waals surface area contributed by atoms with Crippen LogP contribution >= 0.6 is 0 Å². The number of fused-ring (bicyclic) bond motifs is 1. The van der Waals surface area contributed by atoms with E-state index in [1.807, 2.05) is 6.92 Å². The van der Waals surface area contributed by atoms with Crippen LogP contribution in [0.1, 0.15) is 19.0 Å². The smallest absolute Gasteiger partial charge is 0.369 e. The lowest BCUT2D eigenvalue weighted by atomic mass is 10.2. The average molecular weight is 322 g/mol. The first-order valence-electron chi connectivity index (χ1n) is 6.97. The number of rotatable bonds is 4. The Balaban J connectivity index is 2.17. The fourth-order valence-electron chi connectivity index (χ4n) is 2.16. The van der Waals surface area contributed by atoms with E-state index in [0.717, 1.165) is 12.6 Å². The third kappa shape index (κ3) is 2.94. The molecule has 3 aromatic rings. The van der Waals surface area contributed by atoms with Gasteiger partial charge in [0.1, 0.15) is 5.82 Å². The third-order valence-corrected chi connectivity index (χ3v) is 3.19. The van der Waals surface area contributed by atoms with E-state index in [2.05, 4.69) is 30.5 Å². The summed E-state index contributed by atoms with van der Waals surface area (Å²) in [5.74, 6) is 0.425. The number of alkyl halides is 3. The number of H-pyrrole nitrogens is 1. The van der Waals surface area contributed by atoms with Crippen LogP contribution in [0.5, 0.6) is 0 Å². The van der Waals surface area contributed by atoms with Crippen molar-refractivity contribution in [2.75, 3.05) is 11.9 Å². The van der Waals surface area contributed by atoms with Crippen molar-refractivity contribution >= 4 is 16.7 Å². The third-order valence-electron chi connectivity index (χ3n) is 3.19. The summed E-state index contributed by atoms with van der Waals surface area (Å²) < 4.78 is 39.1. The van der Waals surface area contributed by atoms with Crippen molar-refractivity contribution in [3.63, 3.8) is 0 Å². The summed E-state index contributed by atoms with van der Waals surface area (Å²) in [5, 5.41) is 9.31. The topological polar surface area (TPSA) is 79.4 Å². The summed E-state index contributed by atoms with van der Waals surface area (Å²) in [6.07, 6.45) is 0.488. The minimum Gasteiger partial charge on any atom is -0.369 e. The normalized spacial score (nSPS) is 11.8. The van der Waals surface area contributed by atoms with Crippen LogP contribution in [-0.4, -0.2) is 31.7 Å². The van der Waals surface area contributed by atoms with Gasteiger partial charge in [-0.3, -0.25) is 10.1 Å². The molecule has 0 aliphatic carbocycles. The minimum absolute atomic E-state index is 0.0508. The van der Waals surface area contributed by atoms with Crippen LogP contribution in [0.25, 0.3) is 22.3 Å². The van der Waals surface area contributed by atoms with Gasteiger partial charge in [-0.1, -0.05) is 6.92 Å². The molecule has 0 unspecified atom stereocenters. The molecule has 23 heavy (non-hydrogen) atoms. The van der Waals surface area contributed by atoms with Crippen molar-refractivity contribution in [2.24, 2.45) is 0 Å². The summed E-state index contributed by atoms with van der Waals surface area (Å²) in [7, 11) is 0. The molecule has 3 aromatic heterocycles. The molecule has 3 rings (SSSR count). The van der Waals surface area contributed by atoms with E-state index < -0.39 is 11.9 Å². The molecule has 0 aliphatic heterocycles. The SMILES string of the molecule is CCCNc1nc(-c2c[nH]nc2C(F)(F)F)nc2cnccc12. The second-order valence-corrected chi connectivity index (χ2v) is 4.86. The molecule has 0 saturated heterocycles. The van der Waals surface area contributed by atoms with Crippen molar-refractivity contribution in [3.05, 3.63) is 30.4 Å². The number of anilines is 1. The first-order chi connectivity index (χ1) is 11.0. The van der Waals surface area contributed by atoms with Crippen LogP contribution in [0, 0.1) is 0 Å². The minimum atomic E-state index is -4.58. The molecular weight excluding hydrogens is 309 g/mol. The van der Waals surface area contributed by atoms with Gasteiger partial charge in [0, 0.05) is 24.3 Å². The standard InChI is InChI=1S/C14H13F3N6/c1-2-4-19-12-8-3-5-18-7-10(8)21-13(22-12)9-6-20-23-11(9)14(15,16)17/h3,5-7H,2,4H2,1H3,(H,20,23)(H,19,21,22). The molecule has 6 nitrogen and oxygen atoms in total. The molecule has 0 amide bonds. The van der Waals surface area contributed by atoms with Gasteiger partial charge in [-0.2, -0.15) is 18.3 Å². The van der Waals surface area contributed by atoms with Gasteiger partial charge in [-0.25, -0.2) is 9.97 Å². The van der Waals surface area contributed by atoms with Crippen molar-refractivity contribution in [2.45, 2.75) is 19.5 Å². The van der Waals surface area contributed by atoms with Crippen LogP contribution in [0.4, 0.5) is 19.0 Å². The summed E-state index contributed by atoms with van der Waals surface area (Å²) in [6, 6.07) is 1.72.